The quantitative estimate of drug-likeness (QED) is 0.859. The van der Waals surface area contributed by atoms with Gasteiger partial charge in [0, 0.05) is 16.5 Å². The lowest BCUT2D eigenvalue weighted by molar-refractivity contribution is -0.119. The molecule has 0 aliphatic rings. The zero-order valence-corrected chi connectivity index (χ0v) is 13.8. The fraction of sp³-hybridized carbons (Fsp3) is 0.176. The maximum Gasteiger partial charge on any atom is 0.251 e. The van der Waals surface area contributed by atoms with Crippen molar-refractivity contribution in [1.29, 1.82) is 0 Å². The lowest BCUT2D eigenvalue weighted by Crippen LogP contribution is -2.45. The number of nitrogens with one attached hydrogen (secondary N) is 1. The van der Waals surface area contributed by atoms with Gasteiger partial charge in [-0.3, -0.25) is 9.59 Å². The number of halogens is 1. The molecule has 5 heteroatoms. The Balaban J connectivity index is 2.12. The second-order valence-corrected chi connectivity index (χ2v) is 6.05. The molecule has 0 saturated carbocycles. The summed E-state index contributed by atoms with van der Waals surface area (Å²) in [7, 11) is 0. The van der Waals surface area contributed by atoms with Crippen LogP contribution in [-0.4, -0.2) is 17.9 Å². The third-order valence-electron chi connectivity index (χ3n) is 3.26. The molecule has 2 rings (SSSR count). The van der Waals surface area contributed by atoms with E-state index in [1.165, 1.54) is 0 Å². The Labute approximate surface area is 137 Å². The average molecular weight is 361 g/mol. The molecule has 2 aromatic carbocycles. The Morgan fingerprint density at radius 1 is 1.18 bits per heavy atom. The molecule has 4 nitrogen and oxygen atoms in total. The number of carbonyl (C=O) groups excluding carboxylic acids is 2. The average Bonchev–Trinajstić information content (AvgIpc) is 2.46. The van der Waals surface area contributed by atoms with Crippen LogP contribution in [0.1, 0.15) is 21.5 Å². The summed E-state index contributed by atoms with van der Waals surface area (Å²) in [6.45, 7) is 1.98. The van der Waals surface area contributed by atoms with E-state index in [0.717, 1.165) is 15.6 Å². The standard InChI is InChI=1S/C17H17BrN2O2/c1-11-4-2-5-12(8-11)9-15(16(19)21)20-17(22)13-6-3-7-14(18)10-13/h2-8,10,15H,9H2,1H3,(H2,19,21)(H,20,22)/t15-/m0/s1. The van der Waals surface area contributed by atoms with Crippen molar-refractivity contribution in [2.45, 2.75) is 19.4 Å². The largest absolute Gasteiger partial charge is 0.368 e. The van der Waals surface area contributed by atoms with Crippen molar-refractivity contribution >= 4 is 27.7 Å². The molecule has 3 N–H and O–H groups in total. The zero-order valence-electron chi connectivity index (χ0n) is 12.2. The second-order valence-electron chi connectivity index (χ2n) is 5.13. The van der Waals surface area contributed by atoms with Crippen LogP contribution in [0.2, 0.25) is 0 Å². The number of hydrogen-bond acceptors (Lipinski definition) is 2. The third kappa shape index (κ3) is 4.43. The van der Waals surface area contributed by atoms with Crippen LogP contribution in [0.25, 0.3) is 0 Å². The molecule has 0 bridgehead atoms. The molecule has 2 aromatic rings. The molecule has 0 aliphatic heterocycles. The Morgan fingerprint density at radius 2 is 1.91 bits per heavy atom. The van der Waals surface area contributed by atoms with Gasteiger partial charge in [0.15, 0.2) is 0 Å². The molecule has 1 atom stereocenters. The Kier molecular flexibility index (Phi) is 5.33. The van der Waals surface area contributed by atoms with Crippen molar-refractivity contribution in [2.75, 3.05) is 0 Å². The highest BCUT2D eigenvalue weighted by atomic mass is 79.9. The fourth-order valence-electron chi connectivity index (χ4n) is 2.17. The summed E-state index contributed by atoms with van der Waals surface area (Å²) in [5, 5.41) is 2.69. The smallest absolute Gasteiger partial charge is 0.251 e. The lowest BCUT2D eigenvalue weighted by Gasteiger charge is -2.16. The molecule has 0 heterocycles. The predicted molar refractivity (Wildman–Crippen MR) is 89.5 cm³/mol. The highest BCUT2D eigenvalue weighted by molar-refractivity contribution is 9.10. The summed E-state index contributed by atoms with van der Waals surface area (Å²) in [6, 6.07) is 14.0. The number of hydrogen-bond donors (Lipinski definition) is 2. The van der Waals surface area contributed by atoms with Gasteiger partial charge in [-0.25, -0.2) is 0 Å². The summed E-state index contributed by atoms with van der Waals surface area (Å²) >= 11 is 3.32. The van der Waals surface area contributed by atoms with E-state index in [-0.39, 0.29) is 5.91 Å². The summed E-state index contributed by atoms with van der Waals surface area (Å²) < 4.78 is 0.800. The molecular weight excluding hydrogens is 344 g/mol. The first-order chi connectivity index (χ1) is 10.5. The topological polar surface area (TPSA) is 72.2 Å². The first kappa shape index (κ1) is 16.2. The summed E-state index contributed by atoms with van der Waals surface area (Å²) in [5.74, 6) is -0.873. The van der Waals surface area contributed by atoms with Gasteiger partial charge < -0.3 is 11.1 Å². The van der Waals surface area contributed by atoms with Gasteiger partial charge in [0.1, 0.15) is 6.04 Å². The van der Waals surface area contributed by atoms with Gasteiger partial charge >= 0.3 is 0 Å². The van der Waals surface area contributed by atoms with E-state index in [0.29, 0.717) is 12.0 Å². The number of rotatable bonds is 5. The van der Waals surface area contributed by atoms with E-state index in [9.17, 15) is 9.59 Å². The molecule has 22 heavy (non-hydrogen) atoms. The molecule has 0 unspecified atom stereocenters. The van der Waals surface area contributed by atoms with Crippen molar-refractivity contribution in [2.24, 2.45) is 5.73 Å². The van der Waals surface area contributed by atoms with Gasteiger partial charge in [0.25, 0.3) is 5.91 Å². The van der Waals surface area contributed by atoms with E-state index in [4.69, 9.17) is 5.73 Å². The minimum Gasteiger partial charge on any atom is -0.368 e. The first-order valence-corrected chi connectivity index (χ1v) is 7.66. The molecule has 0 radical (unpaired) electrons. The van der Waals surface area contributed by atoms with E-state index in [1.807, 2.05) is 37.3 Å². The van der Waals surface area contributed by atoms with Gasteiger partial charge in [-0.1, -0.05) is 51.8 Å². The van der Waals surface area contributed by atoms with Gasteiger partial charge in [-0.2, -0.15) is 0 Å². The SMILES string of the molecule is Cc1cccc(C[C@H](NC(=O)c2cccc(Br)c2)C(N)=O)c1. The normalized spacial score (nSPS) is 11.7. The monoisotopic (exact) mass is 360 g/mol. The second kappa shape index (κ2) is 7.22. The highest BCUT2D eigenvalue weighted by Gasteiger charge is 2.19. The van der Waals surface area contributed by atoms with Crippen molar-refractivity contribution in [3.05, 3.63) is 69.7 Å². The first-order valence-electron chi connectivity index (χ1n) is 6.87. The minimum atomic E-state index is -0.742. The van der Waals surface area contributed by atoms with Crippen LogP contribution in [-0.2, 0) is 11.2 Å². The van der Waals surface area contributed by atoms with Crippen molar-refractivity contribution in [3.63, 3.8) is 0 Å². The number of aryl methyl sites for hydroxylation is 1. The van der Waals surface area contributed by atoms with Crippen LogP contribution in [0, 0.1) is 6.92 Å². The van der Waals surface area contributed by atoms with Gasteiger partial charge in [0.05, 0.1) is 0 Å². The lowest BCUT2D eigenvalue weighted by atomic mass is 10.0. The Hall–Kier alpha value is -2.14. The van der Waals surface area contributed by atoms with Gasteiger partial charge in [0.2, 0.25) is 5.91 Å². The number of primary amides is 1. The van der Waals surface area contributed by atoms with E-state index >= 15 is 0 Å². The molecule has 114 valence electrons. The predicted octanol–water partition coefficient (Wildman–Crippen LogP) is 2.58. The number of nitrogens with two attached hydrogens (primary N) is 1. The van der Waals surface area contributed by atoms with Crippen molar-refractivity contribution in [3.8, 4) is 0 Å². The van der Waals surface area contributed by atoms with Gasteiger partial charge in [-0.05, 0) is 30.7 Å². The minimum absolute atomic E-state index is 0.322. The zero-order chi connectivity index (χ0) is 16.1. The molecule has 0 spiro atoms. The maximum atomic E-state index is 12.2. The molecule has 0 saturated heterocycles. The van der Waals surface area contributed by atoms with E-state index in [1.54, 1.807) is 18.2 Å². The van der Waals surface area contributed by atoms with Crippen LogP contribution in [0.3, 0.4) is 0 Å². The number of carbonyl (C=O) groups is 2. The third-order valence-corrected chi connectivity index (χ3v) is 3.75. The van der Waals surface area contributed by atoms with Crippen molar-refractivity contribution in [1.82, 2.24) is 5.32 Å². The Morgan fingerprint density at radius 3 is 2.55 bits per heavy atom. The summed E-state index contributed by atoms with van der Waals surface area (Å²) in [4.78, 5) is 23.8. The van der Waals surface area contributed by atoms with Gasteiger partial charge in [-0.15, -0.1) is 0 Å². The van der Waals surface area contributed by atoms with Crippen LogP contribution < -0.4 is 11.1 Å². The molecule has 2 amide bonds. The van der Waals surface area contributed by atoms with Crippen LogP contribution in [0.5, 0.6) is 0 Å². The molecule has 0 aromatic heterocycles. The molecular formula is C17H17BrN2O2. The fourth-order valence-corrected chi connectivity index (χ4v) is 2.57. The van der Waals surface area contributed by atoms with E-state index < -0.39 is 11.9 Å². The van der Waals surface area contributed by atoms with Crippen LogP contribution >= 0.6 is 15.9 Å². The molecule has 0 fully saturated rings. The summed E-state index contributed by atoms with van der Waals surface area (Å²) in [5.41, 5.74) is 7.95. The summed E-state index contributed by atoms with van der Waals surface area (Å²) in [6.07, 6.45) is 0.372. The van der Waals surface area contributed by atoms with Crippen LogP contribution in [0.15, 0.2) is 53.0 Å². The van der Waals surface area contributed by atoms with Crippen LogP contribution in [0.4, 0.5) is 0 Å². The Bertz CT molecular complexity index is 701. The highest BCUT2D eigenvalue weighted by Crippen LogP contribution is 2.12. The van der Waals surface area contributed by atoms with Crippen molar-refractivity contribution < 1.29 is 9.59 Å². The van der Waals surface area contributed by atoms with E-state index in [2.05, 4.69) is 21.2 Å². The number of benzene rings is 2. The number of amides is 2. The maximum absolute atomic E-state index is 12.2. The molecule has 0 aliphatic carbocycles.